The Morgan fingerprint density at radius 1 is 1.50 bits per heavy atom. The summed E-state index contributed by atoms with van der Waals surface area (Å²) >= 11 is 5.68. The summed E-state index contributed by atoms with van der Waals surface area (Å²) in [6, 6.07) is 6.39. The van der Waals surface area contributed by atoms with E-state index in [2.05, 4.69) is 0 Å². The fraction of sp³-hybridized carbons (Fsp3) is 0.100. The Bertz CT molecular complexity index is 399. The minimum Gasteiger partial charge on any atom is -0.476 e. The van der Waals surface area contributed by atoms with Crippen LogP contribution in [0.2, 0.25) is 5.02 Å². The van der Waals surface area contributed by atoms with E-state index < -0.39 is 11.8 Å². The van der Waals surface area contributed by atoms with Gasteiger partial charge in [-0.25, -0.2) is 4.79 Å². The minimum absolute atomic E-state index is 0.0694. The first-order valence-corrected chi connectivity index (χ1v) is 4.26. The Morgan fingerprint density at radius 3 is 2.64 bits per heavy atom. The fourth-order valence-electron chi connectivity index (χ4n) is 1.01. The van der Waals surface area contributed by atoms with Crippen LogP contribution in [0.5, 0.6) is 0 Å². The molecule has 4 heteroatoms. The van der Waals surface area contributed by atoms with Crippen LogP contribution < -0.4 is 0 Å². The molecule has 0 aliphatic heterocycles. The highest BCUT2D eigenvalue weighted by atomic mass is 35.5. The van der Waals surface area contributed by atoms with Crippen molar-refractivity contribution in [3.05, 3.63) is 40.7 Å². The molecular weight excluding hydrogens is 207 g/mol. The molecule has 74 valence electrons. The zero-order valence-electron chi connectivity index (χ0n) is 7.42. The van der Waals surface area contributed by atoms with Crippen LogP contribution in [0.1, 0.15) is 12.5 Å². The van der Waals surface area contributed by atoms with Crippen LogP contribution in [-0.4, -0.2) is 11.1 Å². The molecule has 0 aliphatic carbocycles. The Labute approximate surface area is 85.6 Å². The maximum atomic E-state index is 13.0. The Hall–Kier alpha value is -1.35. The summed E-state index contributed by atoms with van der Waals surface area (Å²) in [5.41, 5.74) is 0.539. The van der Waals surface area contributed by atoms with Gasteiger partial charge in [-0.3, -0.25) is 0 Å². The molecule has 1 aromatic rings. The van der Waals surface area contributed by atoms with Gasteiger partial charge in [0.1, 0.15) is 0 Å². The van der Waals surface area contributed by atoms with Crippen LogP contribution >= 0.6 is 11.6 Å². The quantitative estimate of drug-likeness (QED) is 0.768. The standard InChI is InChI=1S/C10H8ClFO2/c1-6(9(12)10(13)14)7-3-2-4-8(11)5-7/h2-5H,1H3,(H,13,14)/b9-6+. The van der Waals surface area contributed by atoms with Gasteiger partial charge in [-0.05, 0) is 30.2 Å². The maximum absolute atomic E-state index is 13.0. The molecule has 0 spiro atoms. The molecule has 0 heterocycles. The molecule has 0 unspecified atom stereocenters. The van der Waals surface area contributed by atoms with Crippen molar-refractivity contribution in [2.24, 2.45) is 0 Å². The molecule has 0 amide bonds. The number of aliphatic carboxylic acids is 1. The highest BCUT2D eigenvalue weighted by Gasteiger charge is 2.11. The lowest BCUT2D eigenvalue weighted by Crippen LogP contribution is -1.97. The third-order valence-electron chi connectivity index (χ3n) is 1.77. The van der Waals surface area contributed by atoms with E-state index in [0.717, 1.165) is 0 Å². The van der Waals surface area contributed by atoms with Crippen molar-refractivity contribution in [2.75, 3.05) is 0 Å². The molecule has 0 bridgehead atoms. The normalized spacial score (nSPS) is 12.2. The Morgan fingerprint density at radius 2 is 2.14 bits per heavy atom. The molecule has 0 fully saturated rings. The summed E-state index contributed by atoms with van der Waals surface area (Å²) in [6.07, 6.45) is 0. The van der Waals surface area contributed by atoms with Gasteiger partial charge in [-0.15, -0.1) is 0 Å². The topological polar surface area (TPSA) is 37.3 Å². The number of carboxylic acids is 1. The van der Waals surface area contributed by atoms with Crippen LogP contribution in [0.15, 0.2) is 30.1 Å². The van der Waals surface area contributed by atoms with E-state index in [0.29, 0.717) is 10.6 Å². The zero-order chi connectivity index (χ0) is 10.7. The van der Waals surface area contributed by atoms with Crippen molar-refractivity contribution in [1.82, 2.24) is 0 Å². The van der Waals surface area contributed by atoms with Gasteiger partial charge in [0, 0.05) is 5.02 Å². The summed E-state index contributed by atoms with van der Waals surface area (Å²) in [5.74, 6) is -2.73. The van der Waals surface area contributed by atoms with E-state index in [-0.39, 0.29) is 5.57 Å². The summed E-state index contributed by atoms with van der Waals surface area (Å²) in [5, 5.41) is 8.86. The van der Waals surface area contributed by atoms with Crippen molar-refractivity contribution >= 4 is 23.1 Å². The van der Waals surface area contributed by atoms with Crippen LogP contribution in [0.4, 0.5) is 4.39 Å². The van der Waals surface area contributed by atoms with Gasteiger partial charge in [0.25, 0.3) is 0 Å². The number of rotatable bonds is 2. The second-order valence-corrected chi connectivity index (χ2v) is 3.19. The van der Waals surface area contributed by atoms with Crippen LogP contribution in [0.25, 0.3) is 5.57 Å². The van der Waals surface area contributed by atoms with E-state index in [4.69, 9.17) is 16.7 Å². The van der Waals surface area contributed by atoms with Gasteiger partial charge in [0.05, 0.1) is 0 Å². The first-order chi connectivity index (χ1) is 6.52. The van der Waals surface area contributed by atoms with E-state index in [1.165, 1.54) is 13.0 Å². The average Bonchev–Trinajstić information content (AvgIpc) is 2.15. The molecule has 0 atom stereocenters. The second kappa shape index (κ2) is 4.24. The third kappa shape index (κ3) is 2.33. The molecule has 0 radical (unpaired) electrons. The van der Waals surface area contributed by atoms with Gasteiger partial charge in [-0.2, -0.15) is 4.39 Å². The first-order valence-electron chi connectivity index (χ1n) is 3.88. The Balaban J connectivity index is 3.18. The van der Waals surface area contributed by atoms with Gasteiger partial charge in [-0.1, -0.05) is 23.7 Å². The van der Waals surface area contributed by atoms with Crippen molar-refractivity contribution in [3.63, 3.8) is 0 Å². The summed E-state index contributed by atoms with van der Waals surface area (Å²) < 4.78 is 13.0. The van der Waals surface area contributed by atoms with Crippen LogP contribution in [0.3, 0.4) is 0 Å². The van der Waals surface area contributed by atoms with Crippen molar-refractivity contribution in [2.45, 2.75) is 6.92 Å². The smallest absolute Gasteiger partial charge is 0.365 e. The molecule has 0 aromatic heterocycles. The second-order valence-electron chi connectivity index (χ2n) is 2.75. The molecule has 2 nitrogen and oxygen atoms in total. The third-order valence-corrected chi connectivity index (χ3v) is 2.01. The number of benzene rings is 1. The minimum atomic E-state index is -1.57. The summed E-state index contributed by atoms with van der Waals surface area (Å²) in [4.78, 5) is 10.3. The molecular formula is C10H8ClFO2. The highest BCUT2D eigenvalue weighted by Crippen LogP contribution is 2.22. The lowest BCUT2D eigenvalue weighted by molar-refractivity contribution is -0.134. The molecule has 1 rings (SSSR count). The summed E-state index contributed by atoms with van der Waals surface area (Å²) in [7, 11) is 0. The predicted octanol–water partition coefficient (Wildman–Crippen LogP) is 3.13. The van der Waals surface area contributed by atoms with Gasteiger partial charge in [0.2, 0.25) is 5.83 Å². The number of hydrogen-bond acceptors (Lipinski definition) is 1. The molecule has 0 saturated carbocycles. The van der Waals surface area contributed by atoms with E-state index in [1.807, 2.05) is 0 Å². The molecule has 0 saturated heterocycles. The monoisotopic (exact) mass is 214 g/mol. The van der Waals surface area contributed by atoms with E-state index in [9.17, 15) is 9.18 Å². The van der Waals surface area contributed by atoms with E-state index in [1.54, 1.807) is 18.2 Å². The lowest BCUT2D eigenvalue weighted by atomic mass is 10.1. The predicted molar refractivity (Wildman–Crippen MR) is 52.8 cm³/mol. The number of halogens is 2. The number of hydrogen-bond donors (Lipinski definition) is 1. The molecule has 1 aromatic carbocycles. The van der Waals surface area contributed by atoms with Gasteiger partial charge in [0.15, 0.2) is 0 Å². The van der Waals surface area contributed by atoms with Crippen molar-refractivity contribution in [1.29, 1.82) is 0 Å². The van der Waals surface area contributed by atoms with Gasteiger partial charge < -0.3 is 5.11 Å². The fourth-order valence-corrected chi connectivity index (χ4v) is 1.20. The average molecular weight is 215 g/mol. The SMILES string of the molecule is C/C(=C(\F)C(=O)O)c1cccc(Cl)c1. The van der Waals surface area contributed by atoms with Gasteiger partial charge >= 0.3 is 5.97 Å². The summed E-state index contributed by atoms with van der Waals surface area (Å²) in [6.45, 7) is 1.40. The highest BCUT2D eigenvalue weighted by molar-refractivity contribution is 6.30. The maximum Gasteiger partial charge on any atom is 0.365 e. The number of allylic oxidation sites excluding steroid dienone is 1. The molecule has 1 N–H and O–H groups in total. The van der Waals surface area contributed by atoms with Crippen LogP contribution in [-0.2, 0) is 4.79 Å². The number of carbonyl (C=O) groups is 1. The lowest BCUT2D eigenvalue weighted by Gasteiger charge is -2.01. The van der Waals surface area contributed by atoms with Crippen molar-refractivity contribution in [3.8, 4) is 0 Å². The largest absolute Gasteiger partial charge is 0.476 e. The molecule has 14 heavy (non-hydrogen) atoms. The van der Waals surface area contributed by atoms with Crippen molar-refractivity contribution < 1.29 is 14.3 Å². The first kappa shape index (κ1) is 10.7. The van der Waals surface area contributed by atoms with Crippen LogP contribution in [0, 0.1) is 0 Å². The zero-order valence-corrected chi connectivity index (χ0v) is 8.18. The number of carboxylic acid groups (broad SMARTS) is 1. The van der Waals surface area contributed by atoms with E-state index >= 15 is 0 Å². The molecule has 0 aliphatic rings. The Kier molecular flexibility index (Phi) is 3.25.